The van der Waals surface area contributed by atoms with Gasteiger partial charge in [-0.25, -0.2) is 0 Å². The lowest BCUT2D eigenvalue weighted by Crippen LogP contribution is -2.36. The summed E-state index contributed by atoms with van der Waals surface area (Å²) in [6, 6.07) is 3.69. The van der Waals surface area contributed by atoms with Crippen molar-refractivity contribution in [2.45, 2.75) is 6.54 Å². The van der Waals surface area contributed by atoms with Gasteiger partial charge in [0.25, 0.3) is 10.9 Å². The quantitative estimate of drug-likeness (QED) is 0.722. The van der Waals surface area contributed by atoms with Crippen molar-refractivity contribution in [3.05, 3.63) is 50.5 Å². The highest BCUT2D eigenvalue weighted by Crippen LogP contribution is 2.14. The van der Waals surface area contributed by atoms with Gasteiger partial charge >= 0.3 is 0 Å². The zero-order valence-electron chi connectivity index (χ0n) is 8.78. The molecule has 1 aromatic carbocycles. The molecule has 0 radical (unpaired) electrons. The predicted octanol–water partition coefficient (Wildman–Crippen LogP) is 0.331. The van der Waals surface area contributed by atoms with Crippen LogP contribution in [0.25, 0.3) is 0 Å². The summed E-state index contributed by atoms with van der Waals surface area (Å²) in [4.78, 5) is 26.2. The molecule has 5 heteroatoms. The van der Waals surface area contributed by atoms with E-state index < -0.39 is 10.9 Å². The summed E-state index contributed by atoms with van der Waals surface area (Å²) in [5.74, 6) is 0. The van der Waals surface area contributed by atoms with Gasteiger partial charge in [0.1, 0.15) is 11.4 Å². The van der Waals surface area contributed by atoms with E-state index in [-0.39, 0.29) is 0 Å². The van der Waals surface area contributed by atoms with Crippen LogP contribution >= 0.6 is 0 Å². The van der Waals surface area contributed by atoms with Crippen LogP contribution in [-0.2, 0) is 6.54 Å². The van der Waals surface area contributed by atoms with Gasteiger partial charge in [-0.2, -0.15) is 0 Å². The number of hydrogen-bond donors (Lipinski definition) is 2. The minimum atomic E-state index is -0.460. The Morgan fingerprint density at radius 2 is 1.75 bits per heavy atom. The van der Waals surface area contributed by atoms with E-state index in [2.05, 4.69) is 15.6 Å². The first-order chi connectivity index (χ1) is 7.74. The van der Waals surface area contributed by atoms with Gasteiger partial charge < -0.3 is 10.6 Å². The summed E-state index contributed by atoms with van der Waals surface area (Å²) in [6.45, 7) is 0.502. The minimum absolute atomic E-state index is 0.360. The normalized spacial score (nSPS) is 10.3. The lowest BCUT2D eigenvalue weighted by Gasteiger charge is -2.12. The molecule has 2 rings (SSSR count). The highest BCUT2D eigenvalue weighted by Gasteiger charge is 2.18. The molecule has 0 spiro atoms. The van der Waals surface area contributed by atoms with Crippen molar-refractivity contribution in [3.8, 4) is 0 Å². The van der Waals surface area contributed by atoms with Crippen LogP contribution in [0, 0.1) is 0 Å². The van der Waals surface area contributed by atoms with E-state index >= 15 is 0 Å². The Bertz CT molecular complexity index is 556. The molecule has 82 valence electrons. The maximum absolute atomic E-state index is 11.2. The second kappa shape index (κ2) is 4.14. The molecule has 2 aromatic rings. The molecule has 0 aliphatic rings. The lowest BCUT2D eigenvalue weighted by atomic mass is 10.2. The molecule has 0 bridgehead atoms. The Morgan fingerprint density at radius 1 is 1.12 bits per heavy atom. The van der Waals surface area contributed by atoms with Crippen LogP contribution in [0.5, 0.6) is 0 Å². The summed E-state index contributed by atoms with van der Waals surface area (Å²) in [5, 5.41) is 5.64. The third-order valence-corrected chi connectivity index (χ3v) is 2.38. The topological polar surface area (TPSA) is 71.1 Å². The van der Waals surface area contributed by atoms with Crippen LogP contribution in [0.2, 0.25) is 0 Å². The minimum Gasteiger partial charge on any atom is -0.383 e. The van der Waals surface area contributed by atoms with Crippen molar-refractivity contribution in [2.24, 2.45) is 0 Å². The zero-order valence-corrected chi connectivity index (χ0v) is 8.78. The Labute approximate surface area is 91.8 Å². The summed E-state index contributed by atoms with van der Waals surface area (Å²) in [6.07, 6.45) is 3.36. The molecule has 0 saturated heterocycles. The molecular formula is C11H11N3O2. The van der Waals surface area contributed by atoms with E-state index in [1.807, 2.05) is 12.1 Å². The number of anilines is 2. The average Bonchev–Trinajstić information content (AvgIpc) is 2.34. The number of nitrogens with zero attached hydrogens (tertiary/aromatic N) is 1. The fourth-order valence-corrected chi connectivity index (χ4v) is 1.49. The van der Waals surface area contributed by atoms with Crippen molar-refractivity contribution in [3.63, 3.8) is 0 Å². The van der Waals surface area contributed by atoms with Crippen LogP contribution < -0.4 is 21.5 Å². The van der Waals surface area contributed by atoms with Gasteiger partial charge in [-0.3, -0.25) is 14.6 Å². The SMILES string of the molecule is CNc1c(NCc2ccncc2)c(=O)c1=O. The van der Waals surface area contributed by atoms with Crippen LogP contribution in [0.1, 0.15) is 5.56 Å². The molecule has 1 aromatic heterocycles. The molecule has 0 unspecified atom stereocenters. The number of hydrogen-bond acceptors (Lipinski definition) is 5. The summed E-state index contributed by atoms with van der Waals surface area (Å²) in [5.41, 5.74) is 0.812. The van der Waals surface area contributed by atoms with E-state index in [1.165, 1.54) is 0 Å². The van der Waals surface area contributed by atoms with E-state index in [9.17, 15) is 9.59 Å². The monoisotopic (exact) mass is 217 g/mol. The van der Waals surface area contributed by atoms with Crippen molar-refractivity contribution in [1.29, 1.82) is 0 Å². The molecule has 5 nitrogen and oxygen atoms in total. The lowest BCUT2D eigenvalue weighted by molar-refractivity contribution is 1.11. The van der Waals surface area contributed by atoms with Crippen LogP contribution in [0.3, 0.4) is 0 Å². The Balaban J connectivity index is 2.09. The van der Waals surface area contributed by atoms with Crippen molar-refractivity contribution in [1.82, 2.24) is 4.98 Å². The fraction of sp³-hybridized carbons (Fsp3) is 0.182. The summed E-state index contributed by atoms with van der Waals surface area (Å²) >= 11 is 0. The van der Waals surface area contributed by atoms with E-state index in [0.717, 1.165) is 5.56 Å². The highest BCUT2D eigenvalue weighted by atomic mass is 16.2. The molecule has 0 atom stereocenters. The fourth-order valence-electron chi connectivity index (χ4n) is 1.49. The summed E-state index contributed by atoms with van der Waals surface area (Å²) in [7, 11) is 1.62. The number of pyridine rings is 1. The number of rotatable bonds is 4. The maximum atomic E-state index is 11.2. The number of aromatic nitrogens is 1. The first-order valence-corrected chi connectivity index (χ1v) is 4.88. The van der Waals surface area contributed by atoms with E-state index in [4.69, 9.17) is 0 Å². The highest BCUT2D eigenvalue weighted by molar-refractivity contribution is 5.73. The Morgan fingerprint density at radius 3 is 2.38 bits per heavy atom. The molecule has 0 saturated carbocycles. The third kappa shape index (κ3) is 1.67. The molecule has 2 N–H and O–H groups in total. The van der Waals surface area contributed by atoms with Gasteiger partial charge in [0.2, 0.25) is 0 Å². The molecular weight excluding hydrogens is 206 g/mol. The second-order valence-corrected chi connectivity index (χ2v) is 3.37. The molecule has 0 aliphatic heterocycles. The standard InChI is InChI=1S/C11H11N3O2/c1-12-8-9(11(16)10(8)15)14-6-7-2-4-13-5-3-7/h2-5,12,14H,6H2,1H3. The van der Waals surface area contributed by atoms with Crippen LogP contribution in [-0.4, -0.2) is 12.0 Å². The van der Waals surface area contributed by atoms with Crippen molar-refractivity contribution >= 4 is 11.4 Å². The molecule has 1 heterocycles. The second-order valence-electron chi connectivity index (χ2n) is 3.37. The van der Waals surface area contributed by atoms with Gasteiger partial charge in [0.05, 0.1) is 0 Å². The van der Waals surface area contributed by atoms with Crippen molar-refractivity contribution < 1.29 is 0 Å². The molecule has 16 heavy (non-hydrogen) atoms. The third-order valence-electron chi connectivity index (χ3n) is 2.38. The Kier molecular flexibility index (Phi) is 2.68. The van der Waals surface area contributed by atoms with Gasteiger partial charge in [-0.05, 0) is 17.7 Å². The van der Waals surface area contributed by atoms with Gasteiger partial charge in [0, 0.05) is 26.0 Å². The molecule has 0 amide bonds. The zero-order chi connectivity index (χ0) is 11.5. The first-order valence-electron chi connectivity index (χ1n) is 4.88. The number of nitrogens with one attached hydrogen (secondary N) is 2. The maximum Gasteiger partial charge on any atom is 0.253 e. The summed E-state index contributed by atoms with van der Waals surface area (Å²) < 4.78 is 0. The van der Waals surface area contributed by atoms with E-state index in [1.54, 1.807) is 19.4 Å². The first kappa shape index (κ1) is 10.4. The largest absolute Gasteiger partial charge is 0.383 e. The van der Waals surface area contributed by atoms with Crippen LogP contribution in [0.15, 0.2) is 34.1 Å². The molecule has 0 aliphatic carbocycles. The van der Waals surface area contributed by atoms with Gasteiger partial charge in [0.15, 0.2) is 0 Å². The van der Waals surface area contributed by atoms with Gasteiger partial charge in [-0.1, -0.05) is 0 Å². The van der Waals surface area contributed by atoms with Crippen LogP contribution in [0.4, 0.5) is 11.4 Å². The smallest absolute Gasteiger partial charge is 0.253 e. The van der Waals surface area contributed by atoms with Crippen molar-refractivity contribution in [2.75, 3.05) is 17.7 Å². The van der Waals surface area contributed by atoms with E-state index in [0.29, 0.717) is 17.9 Å². The Hall–Kier alpha value is -2.17. The molecule has 0 fully saturated rings. The average molecular weight is 217 g/mol. The van der Waals surface area contributed by atoms with Gasteiger partial charge in [-0.15, -0.1) is 0 Å². The predicted molar refractivity (Wildman–Crippen MR) is 62.5 cm³/mol.